The Morgan fingerprint density at radius 1 is 0.800 bits per heavy atom. The third-order valence-corrected chi connectivity index (χ3v) is 6.91. The third kappa shape index (κ3) is 26.3. The van der Waals surface area contributed by atoms with Crippen molar-refractivity contribution in [1.29, 1.82) is 0 Å². The van der Waals surface area contributed by atoms with Crippen molar-refractivity contribution in [2.24, 2.45) is 0 Å². The molecule has 1 atom stereocenters. The Hall–Kier alpha value is 0.280. The molecule has 0 bridgehead atoms. The molecule has 0 rings (SSSR count). The summed E-state index contributed by atoms with van der Waals surface area (Å²) in [6.45, 7) is 4.59. The Labute approximate surface area is 208 Å². The summed E-state index contributed by atoms with van der Waals surface area (Å²) in [6.07, 6.45) is 19.4. The van der Waals surface area contributed by atoms with Crippen LogP contribution in [0.4, 0.5) is 0 Å². The summed E-state index contributed by atoms with van der Waals surface area (Å²) in [4.78, 5) is 20.0. The van der Waals surface area contributed by atoms with Crippen molar-refractivity contribution in [3.63, 3.8) is 0 Å². The third-order valence-electron chi connectivity index (χ3n) is 4.41. The Kier molecular flexibility index (Phi) is 27.8. The minimum Gasteiger partial charge on any atom is -1.00 e. The second kappa shape index (κ2) is 23.9. The first kappa shape index (κ1) is 34.9. The molecule has 0 aliphatic heterocycles. The van der Waals surface area contributed by atoms with Crippen LogP contribution in [0.5, 0.6) is 0 Å². The van der Waals surface area contributed by atoms with Crippen LogP contribution in [0.25, 0.3) is 0 Å². The van der Waals surface area contributed by atoms with Gasteiger partial charge in [0.1, 0.15) is 0 Å². The maximum absolute atomic E-state index is 10.2. The zero-order valence-electron chi connectivity index (χ0n) is 20.1. The Balaban J connectivity index is -0.000000232. The molecule has 0 aromatic heterocycles. The van der Waals surface area contributed by atoms with Crippen molar-refractivity contribution in [1.82, 2.24) is 0 Å². The maximum Gasteiger partial charge on any atom is 1.00 e. The fraction of sp³-hybridized carbons (Fsp3) is 0.900. The van der Waals surface area contributed by atoms with Gasteiger partial charge in [-0.1, -0.05) is 78.1 Å². The maximum atomic E-state index is 10.2. The quantitative estimate of drug-likeness (QED) is 0.119. The normalized spacial score (nSPS) is 11.7. The summed E-state index contributed by atoms with van der Waals surface area (Å²) >= 11 is 0. The van der Waals surface area contributed by atoms with Crippen molar-refractivity contribution in [3.05, 3.63) is 0 Å². The van der Waals surface area contributed by atoms with Crippen molar-refractivity contribution >= 4 is 30.6 Å². The number of rotatable bonds is 18. The smallest absolute Gasteiger partial charge is 1.00 e. The molecule has 0 fully saturated rings. The molecular weight excluding hydrogens is 438 g/mol. The molecule has 1 unspecified atom stereocenters. The van der Waals surface area contributed by atoms with Crippen molar-refractivity contribution in [2.75, 3.05) is 12.3 Å². The van der Waals surface area contributed by atoms with Gasteiger partial charge in [-0.15, -0.1) is 8.58 Å². The second-order valence-corrected chi connectivity index (χ2v) is 10.3. The molecule has 30 heavy (non-hydrogen) atoms. The first-order chi connectivity index (χ1) is 13.7. The Morgan fingerprint density at radius 3 is 1.43 bits per heavy atom. The first-order valence-electron chi connectivity index (χ1n) is 10.8. The van der Waals surface area contributed by atoms with Gasteiger partial charge >= 0.3 is 41.5 Å². The van der Waals surface area contributed by atoms with E-state index in [2.05, 4.69) is 13.8 Å². The molecule has 0 amide bonds. The SMILES string of the molecule is CCCCCCCCPCCCCCCCC.O=C(O)CC(C(=O)O)S(=O)(=O)O.[H-].[Na+]. The molecule has 0 radical (unpaired) electrons. The minimum absolute atomic E-state index is 0. The summed E-state index contributed by atoms with van der Waals surface area (Å²) < 4.78 is 28.7. The predicted octanol–water partition coefficient (Wildman–Crippen LogP) is 2.30. The van der Waals surface area contributed by atoms with Gasteiger partial charge in [0.05, 0.1) is 6.42 Å². The van der Waals surface area contributed by atoms with E-state index in [0.29, 0.717) is 0 Å². The van der Waals surface area contributed by atoms with Crippen LogP contribution in [-0.2, 0) is 19.7 Å². The van der Waals surface area contributed by atoms with Gasteiger partial charge in [-0.05, 0) is 25.2 Å². The van der Waals surface area contributed by atoms with Gasteiger partial charge < -0.3 is 11.6 Å². The number of aliphatic carboxylic acids is 2. The fourth-order valence-electron chi connectivity index (χ4n) is 2.66. The molecule has 0 aromatic carbocycles. The van der Waals surface area contributed by atoms with Crippen LogP contribution in [0.1, 0.15) is 98.7 Å². The Morgan fingerprint density at radius 2 is 1.17 bits per heavy atom. The molecule has 0 aromatic rings. The molecule has 0 heterocycles. The average molecular weight is 481 g/mol. The van der Waals surface area contributed by atoms with Gasteiger partial charge in [0, 0.05) is 0 Å². The van der Waals surface area contributed by atoms with Crippen LogP contribution >= 0.6 is 8.58 Å². The van der Waals surface area contributed by atoms with Crippen LogP contribution < -0.4 is 29.6 Å². The average Bonchev–Trinajstić information content (AvgIpc) is 2.63. The van der Waals surface area contributed by atoms with E-state index in [1.54, 1.807) is 0 Å². The van der Waals surface area contributed by atoms with Gasteiger partial charge in [0.25, 0.3) is 10.1 Å². The van der Waals surface area contributed by atoms with Gasteiger partial charge in [-0.3, -0.25) is 14.1 Å². The van der Waals surface area contributed by atoms with Gasteiger partial charge in [0.2, 0.25) is 0 Å². The van der Waals surface area contributed by atoms with E-state index in [1.807, 2.05) is 0 Å². The molecule has 7 nitrogen and oxygen atoms in total. The zero-order chi connectivity index (χ0) is 22.5. The summed E-state index contributed by atoms with van der Waals surface area (Å²) in [5.41, 5.74) is 0. The molecule has 0 saturated heterocycles. The monoisotopic (exact) mass is 480 g/mol. The number of carboxylic acids is 2. The summed E-state index contributed by atoms with van der Waals surface area (Å²) in [5.74, 6) is -3.50. The number of carbonyl (C=O) groups is 2. The van der Waals surface area contributed by atoms with Gasteiger partial charge in [0.15, 0.2) is 5.25 Å². The molecule has 10 heteroatoms. The van der Waals surface area contributed by atoms with Gasteiger partial charge in [-0.25, -0.2) is 0 Å². The van der Waals surface area contributed by atoms with Crippen molar-refractivity contribution in [2.45, 2.75) is 103 Å². The van der Waals surface area contributed by atoms with Crippen LogP contribution in [0.15, 0.2) is 0 Å². The molecule has 176 valence electrons. The van der Waals surface area contributed by atoms with E-state index < -0.39 is 33.7 Å². The van der Waals surface area contributed by atoms with Crippen LogP contribution in [-0.4, -0.2) is 52.7 Å². The molecule has 0 spiro atoms. The molecule has 0 saturated carbocycles. The van der Waals surface area contributed by atoms with Crippen LogP contribution in [0.2, 0.25) is 0 Å². The Bertz CT molecular complexity index is 508. The predicted molar refractivity (Wildman–Crippen MR) is 121 cm³/mol. The number of hydrogen-bond donors (Lipinski definition) is 3. The van der Waals surface area contributed by atoms with E-state index in [1.165, 1.54) is 98.0 Å². The second-order valence-electron chi connectivity index (χ2n) is 7.23. The standard InChI is InChI=1S/C16H35P.C4H6O7S.Na.H/c1-3-5-7-9-11-13-15-17-16-14-12-10-8-6-4-2;5-3(6)1-2(4(7)8)12(9,10)11;;/h17H,3-16H2,1-2H3;2H,1H2,(H,5,6)(H,7,8)(H,9,10,11);;/q;;+1;-1. The van der Waals surface area contributed by atoms with Gasteiger partial charge in [-0.2, -0.15) is 8.42 Å². The number of carboxylic acid groups (broad SMARTS) is 2. The van der Waals surface area contributed by atoms with E-state index >= 15 is 0 Å². The van der Waals surface area contributed by atoms with Crippen LogP contribution in [0.3, 0.4) is 0 Å². The largest absolute Gasteiger partial charge is 1.00 e. The fourth-order valence-corrected chi connectivity index (χ4v) is 4.52. The van der Waals surface area contributed by atoms with E-state index in [4.69, 9.17) is 14.8 Å². The summed E-state index contributed by atoms with van der Waals surface area (Å²) in [5, 5.41) is 13.9. The van der Waals surface area contributed by atoms with E-state index in [-0.39, 0.29) is 31.0 Å². The molecular formula is C20H42NaO7PS. The minimum atomic E-state index is -4.84. The van der Waals surface area contributed by atoms with E-state index in [9.17, 15) is 18.0 Å². The molecule has 0 aliphatic carbocycles. The molecule has 0 aliphatic rings. The first-order valence-corrected chi connectivity index (χ1v) is 13.7. The number of hydrogen-bond acceptors (Lipinski definition) is 4. The van der Waals surface area contributed by atoms with Crippen molar-refractivity contribution in [3.8, 4) is 0 Å². The zero-order valence-corrected chi connectivity index (χ0v) is 22.9. The van der Waals surface area contributed by atoms with Crippen LogP contribution in [0, 0.1) is 0 Å². The number of unbranched alkanes of at least 4 members (excludes halogenated alkanes) is 10. The summed E-state index contributed by atoms with van der Waals surface area (Å²) in [6, 6.07) is 0. The van der Waals surface area contributed by atoms with Crippen molar-refractivity contribution < 1.29 is 63.8 Å². The summed E-state index contributed by atoms with van der Waals surface area (Å²) in [7, 11) is -3.58. The topological polar surface area (TPSA) is 129 Å². The molecule has 3 N–H and O–H groups in total. The van der Waals surface area contributed by atoms with E-state index in [0.717, 1.165) is 0 Å².